The Morgan fingerprint density at radius 3 is 1.73 bits per heavy atom. The van der Waals surface area contributed by atoms with E-state index in [2.05, 4.69) is 20.1 Å². The minimum absolute atomic E-state index is 0. The second kappa shape index (κ2) is 23.9. The summed E-state index contributed by atoms with van der Waals surface area (Å²) in [4.78, 5) is 0. The summed E-state index contributed by atoms with van der Waals surface area (Å²) in [6.45, 7) is 14.9. The molecule has 0 bridgehead atoms. The largest absolute Gasteiger partial charge is 0.669 e. The fourth-order valence-corrected chi connectivity index (χ4v) is 1.62. The molecule has 3 atom stereocenters. The van der Waals surface area contributed by atoms with Crippen LogP contribution in [0.2, 0.25) is 0 Å². The molecule has 0 aromatic rings. The minimum atomic E-state index is -0.548. The first-order valence-electron chi connectivity index (χ1n) is 6.22. The van der Waals surface area contributed by atoms with Crippen LogP contribution in [0.3, 0.4) is 0 Å². The van der Waals surface area contributed by atoms with Gasteiger partial charge in [0.05, 0.1) is 12.2 Å². The van der Waals surface area contributed by atoms with Crippen LogP contribution in [-0.4, -0.2) is 24.0 Å². The Kier molecular flexibility index (Phi) is 44.9. The average molecular weight is 685 g/mol. The van der Waals surface area contributed by atoms with Crippen LogP contribution >= 0.6 is 0 Å². The summed E-state index contributed by atoms with van der Waals surface area (Å²) in [5.74, 6) is -0.548. The Labute approximate surface area is 263 Å². The van der Waals surface area contributed by atoms with E-state index in [4.69, 9.17) is 15.2 Å². The zero-order valence-corrected chi connectivity index (χ0v) is 28.6. The number of allylic oxidation sites excluding steroid dienone is 1. The molecule has 1 rings (SSSR count). The average Bonchev–Trinajstić information content (AvgIpc) is 2.64. The van der Waals surface area contributed by atoms with Crippen molar-refractivity contribution in [2.75, 3.05) is 0 Å². The molecule has 1 aliphatic rings. The molecule has 22 heavy (non-hydrogen) atoms. The van der Waals surface area contributed by atoms with E-state index in [-0.39, 0.29) is 176 Å². The van der Waals surface area contributed by atoms with Gasteiger partial charge >= 0.3 is 0 Å². The van der Waals surface area contributed by atoms with Crippen molar-refractivity contribution in [2.24, 2.45) is 0 Å². The third kappa shape index (κ3) is 18.3. The second-order valence-electron chi connectivity index (χ2n) is 4.51. The van der Waals surface area contributed by atoms with Gasteiger partial charge in [-0.25, -0.2) is 0 Å². The molecule has 0 spiro atoms. The van der Waals surface area contributed by atoms with E-state index >= 15 is 0 Å². The van der Waals surface area contributed by atoms with Gasteiger partial charge in [-0.15, -0.1) is 19.2 Å². The molecule has 8 heteroatoms. The summed E-state index contributed by atoms with van der Waals surface area (Å²) in [6.07, 6.45) is 5.28. The van der Waals surface area contributed by atoms with Gasteiger partial charge in [0.25, 0.3) is 0 Å². The Morgan fingerprint density at radius 2 is 1.45 bits per heavy atom. The second-order valence-corrected chi connectivity index (χ2v) is 4.51. The summed E-state index contributed by atoms with van der Waals surface area (Å²) in [6, 6.07) is -0.397. The topological polar surface area (TPSA) is 42.3 Å². The summed E-state index contributed by atoms with van der Waals surface area (Å²) < 4.78 is 11.3. The Balaban J connectivity index is -0.0000000644. The van der Waals surface area contributed by atoms with Crippen LogP contribution in [0.25, 0.3) is 5.73 Å². The van der Waals surface area contributed by atoms with Crippen molar-refractivity contribution in [3.05, 3.63) is 31.0 Å². The number of hydrogen-bond acceptors (Lipinski definition) is 2. The smallest absolute Gasteiger partial charge is 0.163 e. The van der Waals surface area contributed by atoms with Gasteiger partial charge in [0, 0.05) is 164 Å². The Bertz CT molecular complexity index is 255. The van der Waals surface area contributed by atoms with Crippen molar-refractivity contribution in [1.82, 2.24) is 0 Å². The quantitative estimate of drug-likeness (QED) is 0.419. The van der Waals surface area contributed by atoms with E-state index in [0.717, 1.165) is 12.8 Å². The molecule has 1 heterocycles. The third-order valence-corrected chi connectivity index (χ3v) is 2.52. The summed E-state index contributed by atoms with van der Waals surface area (Å²) in [7, 11) is 0. The summed E-state index contributed by atoms with van der Waals surface area (Å²) in [5, 5.41) is 0. The van der Waals surface area contributed by atoms with Gasteiger partial charge < -0.3 is 15.2 Å². The molecular weight excluding hydrogens is 659 g/mol. The maximum Gasteiger partial charge on any atom is 0.163 e. The molecule has 0 saturated carbocycles. The first kappa shape index (κ1) is 41.3. The summed E-state index contributed by atoms with van der Waals surface area (Å²) >= 11 is 0. The van der Waals surface area contributed by atoms with Crippen molar-refractivity contribution in [3.8, 4) is 0 Å². The minimum Gasteiger partial charge on any atom is -0.669 e. The van der Waals surface area contributed by atoms with E-state index in [0.29, 0.717) is 0 Å². The van der Waals surface area contributed by atoms with Crippen molar-refractivity contribution in [1.29, 1.82) is 0 Å². The molecule has 3 nitrogen and oxygen atoms in total. The van der Waals surface area contributed by atoms with Gasteiger partial charge in [-0.2, -0.15) is 0 Å². The number of hydrogen-bond donors (Lipinski definition) is 0. The van der Waals surface area contributed by atoms with E-state index in [1.807, 2.05) is 26.8 Å². The fourth-order valence-electron chi connectivity index (χ4n) is 1.62. The molecule has 0 unspecified atom stereocenters. The normalized spacial score (nSPS) is 21.5. The van der Waals surface area contributed by atoms with Crippen molar-refractivity contribution >= 4 is 0 Å². The standard InChI is InChI=1S/C10H18NO2.C4H8.5Y/c1-5-7(11)9-8(6-2)12-10(3,4)13-9;1-3-4-2;;;;;/h5,7-9,11H,1,6H2,2-4H3;3H,1,4H2,2H3;;;;;/q-1;;;;;;/t7-,8+,9-;;;;;;/m0....../s1. The first-order valence-corrected chi connectivity index (χ1v) is 6.22. The van der Waals surface area contributed by atoms with Crippen molar-refractivity contribution in [3.63, 3.8) is 0 Å². The number of ether oxygens (including phenoxy) is 2. The van der Waals surface area contributed by atoms with E-state index in [1.54, 1.807) is 6.08 Å². The van der Waals surface area contributed by atoms with Crippen LogP contribution in [-0.2, 0) is 173 Å². The maximum atomic E-state index is 7.71. The van der Waals surface area contributed by atoms with E-state index < -0.39 is 11.8 Å². The molecule has 1 fully saturated rings. The predicted octanol–water partition coefficient (Wildman–Crippen LogP) is 4.09. The van der Waals surface area contributed by atoms with E-state index in [1.165, 1.54) is 0 Å². The summed E-state index contributed by atoms with van der Waals surface area (Å²) in [5.41, 5.74) is 7.71. The molecule has 0 aromatic heterocycles. The van der Waals surface area contributed by atoms with Crippen LogP contribution in [0.1, 0.15) is 40.5 Å². The Hall–Kier alpha value is 4.88. The molecule has 0 amide bonds. The monoisotopic (exact) mass is 685 g/mol. The van der Waals surface area contributed by atoms with Crippen molar-refractivity contribution in [2.45, 2.75) is 64.6 Å². The molecule has 0 aromatic carbocycles. The van der Waals surface area contributed by atoms with Gasteiger partial charge in [0.15, 0.2) is 5.79 Å². The molecule has 0 aliphatic carbocycles. The molecule has 5 radical (unpaired) electrons. The molecule has 1 saturated heterocycles. The zero-order valence-electron chi connectivity index (χ0n) is 14.4. The number of nitrogens with one attached hydrogen (secondary N) is 1. The third-order valence-electron chi connectivity index (χ3n) is 2.52. The van der Waals surface area contributed by atoms with Crippen LogP contribution < -0.4 is 0 Å². The molecular formula is C14H26NO2Y5-. The fraction of sp³-hybridized carbons (Fsp3) is 0.714. The van der Waals surface area contributed by atoms with Crippen LogP contribution in [0.5, 0.6) is 0 Å². The SMILES string of the molecule is C=CCC.C=C[C@H]([NH-])[C@@H]1OC(C)(C)O[C@@H]1CC.[Y].[Y].[Y].[Y].[Y]. The van der Waals surface area contributed by atoms with Gasteiger partial charge in [0.2, 0.25) is 0 Å². The zero-order chi connectivity index (χ0) is 13.5. The first-order chi connectivity index (χ1) is 7.91. The van der Waals surface area contributed by atoms with Gasteiger partial charge in [-0.3, -0.25) is 0 Å². The van der Waals surface area contributed by atoms with Gasteiger partial charge in [-0.1, -0.05) is 26.0 Å². The predicted molar refractivity (Wildman–Crippen MR) is 72.9 cm³/mol. The Morgan fingerprint density at radius 1 is 1.05 bits per heavy atom. The van der Waals surface area contributed by atoms with Gasteiger partial charge in [-0.05, 0) is 26.7 Å². The van der Waals surface area contributed by atoms with Crippen LogP contribution in [0, 0.1) is 0 Å². The number of rotatable bonds is 4. The van der Waals surface area contributed by atoms with E-state index in [9.17, 15) is 0 Å². The van der Waals surface area contributed by atoms with Crippen LogP contribution in [0.4, 0.5) is 0 Å². The molecule has 115 valence electrons. The van der Waals surface area contributed by atoms with Crippen molar-refractivity contribution < 1.29 is 173 Å². The van der Waals surface area contributed by atoms with Crippen LogP contribution in [0.15, 0.2) is 25.3 Å². The maximum absolute atomic E-state index is 7.71. The molecule has 1 N–H and O–H groups in total. The molecule has 1 aliphatic heterocycles. The van der Waals surface area contributed by atoms with Gasteiger partial charge in [0.1, 0.15) is 0 Å².